The number of carbonyl (C=O) groups excluding carboxylic acids is 2. The van der Waals surface area contributed by atoms with Gasteiger partial charge in [-0.3, -0.25) is 9.59 Å². The van der Waals surface area contributed by atoms with Crippen LogP contribution in [0.25, 0.3) is 5.70 Å². The molecule has 4 rings (SSSR count). The van der Waals surface area contributed by atoms with Crippen LogP contribution in [0.1, 0.15) is 51.3 Å². The van der Waals surface area contributed by atoms with Gasteiger partial charge >= 0.3 is 0 Å². The first-order chi connectivity index (χ1) is 14.5. The van der Waals surface area contributed by atoms with Gasteiger partial charge in [0.15, 0.2) is 18.1 Å². The zero-order valence-electron chi connectivity index (χ0n) is 17.9. The first kappa shape index (κ1) is 22.9. The Morgan fingerprint density at radius 1 is 0.774 bits per heavy atom. The number of allylic oxidation sites excluding steroid dienone is 2. The number of hydrogen-bond acceptors (Lipinski definition) is 3. The summed E-state index contributed by atoms with van der Waals surface area (Å²) in [5.74, 6) is -0.324. The maximum absolute atomic E-state index is 13.5. The molecule has 0 saturated carbocycles. The SMILES string of the molecule is CCc1cccc(CC)c1NC1=C([n+]2ccc(C)cc2)C(=O)c2ccccc2C1=O.[I-]. The van der Waals surface area contributed by atoms with E-state index in [0.29, 0.717) is 22.5 Å². The van der Waals surface area contributed by atoms with E-state index in [0.717, 1.165) is 35.2 Å². The highest BCUT2D eigenvalue weighted by atomic mass is 127. The molecule has 1 aliphatic carbocycles. The summed E-state index contributed by atoms with van der Waals surface area (Å²) in [4.78, 5) is 27.0. The summed E-state index contributed by atoms with van der Waals surface area (Å²) in [7, 11) is 0. The molecular formula is C26H25IN2O2. The summed E-state index contributed by atoms with van der Waals surface area (Å²) >= 11 is 0. The first-order valence-corrected chi connectivity index (χ1v) is 10.3. The summed E-state index contributed by atoms with van der Waals surface area (Å²) in [6.45, 7) is 6.17. The van der Waals surface area contributed by atoms with E-state index in [-0.39, 0.29) is 35.5 Å². The topological polar surface area (TPSA) is 50.1 Å². The van der Waals surface area contributed by atoms with Crippen LogP contribution in [0.4, 0.5) is 5.69 Å². The van der Waals surface area contributed by atoms with Gasteiger partial charge < -0.3 is 29.3 Å². The number of benzene rings is 2. The molecule has 0 saturated heterocycles. The van der Waals surface area contributed by atoms with Gasteiger partial charge in [-0.1, -0.05) is 56.3 Å². The summed E-state index contributed by atoms with van der Waals surface area (Å²) in [6, 6.07) is 17.0. The largest absolute Gasteiger partial charge is 1.00 e. The number of nitrogens with zero attached hydrogens (tertiary/aromatic N) is 1. The lowest BCUT2D eigenvalue weighted by atomic mass is 9.89. The minimum atomic E-state index is -0.166. The molecule has 4 nitrogen and oxygen atoms in total. The third-order valence-corrected chi connectivity index (χ3v) is 5.60. The second-order valence-electron chi connectivity index (χ2n) is 7.49. The van der Waals surface area contributed by atoms with Crippen LogP contribution in [-0.4, -0.2) is 11.6 Å². The van der Waals surface area contributed by atoms with Crippen molar-refractivity contribution in [3.63, 3.8) is 0 Å². The van der Waals surface area contributed by atoms with Crippen molar-refractivity contribution in [2.45, 2.75) is 33.6 Å². The Morgan fingerprint density at radius 2 is 1.32 bits per heavy atom. The number of carbonyl (C=O) groups is 2. The fraction of sp³-hybridized carbons (Fsp3) is 0.192. The molecule has 2 aromatic carbocycles. The highest BCUT2D eigenvalue weighted by Gasteiger charge is 2.38. The molecule has 0 radical (unpaired) electrons. The fourth-order valence-electron chi connectivity index (χ4n) is 3.90. The zero-order chi connectivity index (χ0) is 21.3. The third kappa shape index (κ3) is 4.19. The van der Waals surface area contributed by atoms with Gasteiger partial charge in [0.25, 0.3) is 11.5 Å². The lowest BCUT2D eigenvalue weighted by Crippen LogP contribution is -3.00. The van der Waals surface area contributed by atoms with Crippen molar-refractivity contribution >= 4 is 23.0 Å². The van der Waals surface area contributed by atoms with E-state index < -0.39 is 0 Å². The summed E-state index contributed by atoms with van der Waals surface area (Å²) < 4.78 is 1.74. The van der Waals surface area contributed by atoms with Crippen LogP contribution in [0.3, 0.4) is 0 Å². The molecule has 1 heterocycles. The molecule has 0 amide bonds. The smallest absolute Gasteiger partial charge is 0.286 e. The number of ketones is 2. The predicted molar refractivity (Wildman–Crippen MR) is 119 cm³/mol. The van der Waals surface area contributed by atoms with Gasteiger partial charge in [-0.15, -0.1) is 0 Å². The molecule has 0 aliphatic heterocycles. The van der Waals surface area contributed by atoms with E-state index >= 15 is 0 Å². The molecule has 1 aromatic heterocycles. The van der Waals surface area contributed by atoms with E-state index in [4.69, 9.17) is 0 Å². The van der Waals surface area contributed by atoms with Crippen LogP contribution in [0, 0.1) is 6.92 Å². The summed E-state index contributed by atoms with van der Waals surface area (Å²) in [5, 5.41) is 3.39. The van der Waals surface area contributed by atoms with Gasteiger partial charge in [0, 0.05) is 28.9 Å². The van der Waals surface area contributed by atoms with E-state index in [9.17, 15) is 9.59 Å². The Labute approximate surface area is 200 Å². The van der Waals surface area contributed by atoms with Crippen LogP contribution < -0.4 is 33.9 Å². The minimum absolute atomic E-state index is 0. The summed E-state index contributed by atoms with van der Waals surface area (Å²) in [6.07, 6.45) is 5.32. The third-order valence-electron chi connectivity index (χ3n) is 5.60. The van der Waals surface area contributed by atoms with Gasteiger partial charge in [0.2, 0.25) is 5.78 Å². The van der Waals surface area contributed by atoms with Crippen molar-refractivity contribution in [1.29, 1.82) is 0 Å². The number of halogens is 1. The minimum Gasteiger partial charge on any atom is -1.00 e. The van der Waals surface area contributed by atoms with Crippen molar-refractivity contribution in [1.82, 2.24) is 0 Å². The highest BCUT2D eigenvalue weighted by molar-refractivity contribution is 6.36. The number of aryl methyl sites for hydroxylation is 3. The fourth-order valence-corrected chi connectivity index (χ4v) is 3.90. The Balaban J connectivity index is 0.00000272. The number of anilines is 1. The average molecular weight is 524 g/mol. The van der Waals surface area contributed by atoms with Crippen molar-refractivity contribution in [2.75, 3.05) is 5.32 Å². The molecule has 0 atom stereocenters. The molecule has 1 N–H and O–H groups in total. The molecule has 5 heteroatoms. The van der Waals surface area contributed by atoms with Crippen LogP contribution in [-0.2, 0) is 12.8 Å². The number of aromatic nitrogens is 1. The van der Waals surface area contributed by atoms with E-state index in [2.05, 4.69) is 31.3 Å². The zero-order valence-corrected chi connectivity index (χ0v) is 20.1. The van der Waals surface area contributed by atoms with Crippen LogP contribution in [0.15, 0.2) is 72.7 Å². The highest BCUT2D eigenvalue weighted by Crippen LogP contribution is 2.30. The van der Waals surface area contributed by atoms with Crippen molar-refractivity contribution in [3.05, 3.63) is 101 Å². The van der Waals surface area contributed by atoms with Crippen molar-refractivity contribution in [3.8, 4) is 0 Å². The molecule has 158 valence electrons. The second-order valence-corrected chi connectivity index (χ2v) is 7.49. The molecule has 0 bridgehead atoms. The molecule has 1 aliphatic rings. The molecule has 0 fully saturated rings. The summed E-state index contributed by atoms with van der Waals surface area (Å²) in [5.41, 5.74) is 5.80. The number of nitrogens with one attached hydrogen (secondary N) is 1. The lowest BCUT2D eigenvalue weighted by molar-refractivity contribution is -0.577. The quantitative estimate of drug-likeness (QED) is 0.409. The Kier molecular flexibility index (Phi) is 7.05. The van der Waals surface area contributed by atoms with Gasteiger partial charge in [0.05, 0.1) is 0 Å². The van der Waals surface area contributed by atoms with E-state index in [1.807, 2.05) is 37.5 Å². The molecule has 0 spiro atoms. The van der Waals surface area contributed by atoms with E-state index in [1.165, 1.54) is 0 Å². The average Bonchev–Trinajstić information content (AvgIpc) is 2.78. The maximum Gasteiger partial charge on any atom is 0.286 e. The lowest BCUT2D eigenvalue weighted by Gasteiger charge is -2.21. The number of pyridine rings is 1. The second kappa shape index (κ2) is 9.56. The molecular weight excluding hydrogens is 499 g/mol. The number of Topliss-reactive ketones (excluding diaryl/α,β-unsaturated/α-hetero) is 2. The molecule has 0 unspecified atom stereocenters. The van der Waals surface area contributed by atoms with Gasteiger partial charge in [-0.05, 0) is 36.5 Å². The normalized spacial score (nSPS) is 13.0. The Bertz CT molecular complexity index is 1160. The number of fused-ring (bicyclic) bond motifs is 1. The number of hydrogen-bond donors (Lipinski definition) is 1. The van der Waals surface area contributed by atoms with Gasteiger partial charge in [-0.25, -0.2) is 0 Å². The molecule has 3 aromatic rings. The monoisotopic (exact) mass is 524 g/mol. The van der Waals surface area contributed by atoms with E-state index in [1.54, 1.807) is 28.8 Å². The van der Waals surface area contributed by atoms with Gasteiger partial charge in [0.1, 0.15) is 0 Å². The molecule has 31 heavy (non-hydrogen) atoms. The van der Waals surface area contributed by atoms with Crippen molar-refractivity contribution < 1.29 is 38.1 Å². The maximum atomic E-state index is 13.5. The van der Waals surface area contributed by atoms with Crippen LogP contribution in [0.2, 0.25) is 0 Å². The predicted octanol–water partition coefficient (Wildman–Crippen LogP) is 1.77. The van der Waals surface area contributed by atoms with Gasteiger partial charge in [-0.2, -0.15) is 4.57 Å². The standard InChI is InChI=1S/C26H24N2O2.HI/c1-4-18-9-8-10-19(5-2)22(18)27-23-24(28-15-13-17(3)14-16-28)26(30)21-12-7-6-11-20(21)25(23)29;/h6-16H,4-5H2,1-3H3;1H. The van der Waals surface area contributed by atoms with Crippen LogP contribution >= 0.6 is 0 Å². The van der Waals surface area contributed by atoms with Crippen LogP contribution in [0.5, 0.6) is 0 Å². The Hall–Kier alpha value is -2.80. The number of rotatable bonds is 5. The first-order valence-electron chi connectivity index (χ1n) is 10.3. The van der Waals surface area contributed by atoms with Crippen molar-refractivity contribution in [2.24, 2.45) is 0 Å². The number of para-hydroxylation sites is 1. The Morgan fingerprint density at radius 3 is 1.87 bits per heavy atom.